The van der Waals surface area contributed by atoms with Crippen LogP contribution in [-0.2, 0) is 6.42 Å². The third-order valence-electron chi connectivity index (χ3n) is 5.50. The highest BCUT2D eigenvalue weighted by molar-refractivity contribution is 9.10. The van der Waals surface area contributed by atoms with E-state index in [1.54, 1.807) is 0 Å². The number of rotatable bonds is 2. The lowest BCUT2D eigenvalue weighted by molar-refractivity contribution is 1.08. The number of benzene rings is 2. The molecule has 116 valence electrons. The molecule has 2 rings (SSSR count). The van der Waals surface area contributed by atoms with E-state index in [0.717, 1.165) is 44.1 Å². The van der Waals surface area contributed by atoms with Crippen molar-refractivity contribution >= 4 is 42.5 Å². The van der Waals surface area contributed by atoms with E-state index in [0.29, 0.717) is 0 Å². The molecule has 2 aromatic rings. The molecule has 0 saturated heterocycles. The second-order valence-corrected chi connectivity index (χ2v) is 7.27. The quantitative estimate of drug-likeness (QED) is 0.703. The maximum absolute atomic E-state index is 6.52. The van der Waals surface area contributed by atoms with E-state index >= 15 is 0 Å². The summed E-state index contributed by atoms with van der Waals surface area (Å²) in [6.45, 7) is 14.9. The first-order valence-corrected chi connectivity index (χ1v) is 8.87. The lowest BCUT2D eigenvalue weighted by Crippen LogP contribution is -2.27. The third-order valence-corrected chi connectivity index (χ3v) is 6.49. The molecule has 2 aromatic carbocycles. The molecule has 0 aliphatic carbocycles. The lowest BCUT2D eigenvalue weighted by Gasteiger charge is -2.25. The molecular formula is C20H23B2Br. The van der Waals surface area contributed by atoms with Crippen LogP contribution in [0.3, 0.4) is 0 Å². The molecule has 0 N–H and O–H groups in total. The molecule has 0 amide bonds. The topological polar surface area (TPSA) is 0 Å². The number of halogens is 1. The van der Waals surface area contributed by atoms with Crippen LogP contribution in [0.25, 0.3) is 11.1 Å². The van der Waals surface area contributed by atoms with E-state index in [9.17, 15) is 0 Å². The Morgan fingerprint density at radius 1 is 0.652 bits per heavy atom. The van der Waals surface area contributed by atoms with Crippen LogP contribution in [0, 0.1) is 41.5 Å². The van der Waals surface area contributed by atoms with Crippen LogP contribution in [0.2, 0.25) is 0 Å². The maximum atomic E-state index is 6.52. The molecule has 0 fully saturated rings. The van der Waals surface area contributed by atoms with Crippen molar-refractivity contribution in [1.29, 1.82) is 0 Å². The van der Waals surface area contributed by atoms with Crippen LogP contribution in [-0.4, -0.2) is 15.7 Å². The van der Waals surface area contributed by atoms with Crippen molar-refractivity contribution in [3.8, 4) is 11.1 Å². The van der Waals surface area contributed by atoms with E-state index in [1.165, 1.54) is 27.8 Å². The van der Waals surface area contributed by atoms with Crippen LogP contribution >= 0.6 is 15.9 Å². The molecule has 0 nitrogen and oxygen atoms in total. The summed E-state index contributed by atoms with van der Waals surface area (Å²) in [4.78, 5) is 0. The summed E-state index contributed by atoms with van der Waals surface area (Å²) in [5.41, 5.74) is 12.4. The molecule has 0 aromatic heterocycles. The van der Waals surface area contributed by atoms with Gasteiger partial charge in [0.15, 0.2) is 0 Å². The molecule has 0 saturated carbocycles. The Hall–Kier alpha value is -0.950. The van der Waals surface area contributed by atoms with Crippen molar-refractivity contribution in [2.75, 3.05) is 0 Å². The lowest BCUT2D eigenvalue weighted by atomic mass is 9.70. The second kappa shape index (κ2) is 6.51. The summed E-state index contributed by atoms with van der Waals surface area (Å²) in [7, 11) is 13.0. The fraction of sp³-hybridized carbons (Fsp3) is 0.400. The first kappa shape index (κ1) is 18.4. The molecular weight excluding hydrogens is 342 g/mol. The summed E-state index contributed by atoms with van der Waals surface area (Å²) >= 11 is 3.82. The average molecular weight is 365 g/mol. The Kier molecular flexibility index (Phi) is 5.21. The molecule has 0 spiro atoms. The summed E-state index contributed by atoms with van der Waals surface area (Å²) in [5.74, 6) is 0. The van der Waals surface area contributed by atoms with E-state index in [2.05, 4.69) is 64.4 Å². The summed E-state index contributed by atoms with van der Waals surface area (Å²) < 4.78 is 1.11. The van der Waals surface area contributed by atoms with Gasteiger partial charge in [-0.15, -0.1) is 0 Å². The molecule has 3 heteroatoms. The van der Waals surface area contributed by atoms with Crippen molar-refractivity contribution in [2.45, 2.75) is 54.9 Å². The average Bonchev–Trinajstić information content (AvgIpc) is 2.54. The van der Waals surface area contributed by atoms with Crippen LogP contribution in [0.4, 0.5) is 0 Å². The van der Waals surface area contributed by atoms with Gasteiger partial charge in [-0.1, -0.05) is 29.0 Å². The van der Waals surface area contributed by atoms with Gasteiger partial charge in [0, 0.05) is 4.47 Å². The van der Waals surface area contributed by atoms with Gasteiger partial charge in [-0.2, -0.15) is 0 Å². The molecule has 0 heterocycles. The maximum Gasteiger partial charge on any atom is 0.115 e. The summed E-state index contributed by atoms with van der Waals surface area (Å²) in [6.07, 6.45) is 0.950. The van der Waals surface area contributed by atoms with Gasteiger partial charge in [0.05, 0.1) is 0 Å². The van der Waals surface area contributed by atoms with Crippen molar-refractivity contribution < 1.29 is 0 Å². The van der Waals surface area contributed by atoms with Gasteiger partial charge >= 0.3 is 0 Å². The Balaban J connectivity index is 3.06. The van der Waals surface area contributed by atoms with Gasteiger partial charge < -0.3 is 0 Å². The van der Waals surface area contributed by atoms with E-state index in [4.69, 9.17) is 15.7 Å². The zero-order valence-electron chi connectivity index (χ0n) is 15.2. The fourth-order valence-electron chi connectivity index (χ4n) is 3.36. The van der Waals surface area contributed by atoms with Crippen molar-refractivity contribution in [1.82, 2.24) is 0 Å². The Morgan fingerprint density at radius 2 is 1.09 bits per heavy atom. The second-order valence-electron chi connectivity index (χ2n) is 6.47. The predicted molar refractivity (Wildman–Crippen MR) is 108 cm³/mol. The van der Waals surface area contributed by atoms with E-state index < -0.39 is 0 Å². The van der Waals surface area contributed by atoms with Gasteiger partial charge in [-0.25, -0.2) is 0 Å². The standard InChI is InChI=1S/C20H23B2Br/c1-8-15-11(4)9(2)14(7)20(23)16(15)17-18(21)12(5)10(3)13(6)19(17)22/h8H2,1-7H3. The normalized spacial score (nSPS) is 11.1. The van der Waals surface area contributed by atoms with Crippen molar-refractivity contribution in [2.24, 2.45) is 0 Å². The fourth-order valence-corrected chi connectivity index (χ4v) is 4.09. The Labute approximate surface area is 152 Å². The van der Waals surface area contributed by atoms with Crippen LogP contribution in [0.1, 0.15) is 45.9 Å². The highest BCUT2D eigenvalue weighted by Gasteiger charge is 2.21. The first-order valence-electron chi connectivity index (χ1n) is 8.08. The SMILES string of the molecule is [B]c1c(C)c(C)c(C)c([B])c1-c1c(Br)c(C)c(C)c(C)c1CC. The summed E-state index contributed by atoms with van der Waals surface area (Å²) in [5, 5.41) is 0. The van der Waals surface area contributed by atoms with Gasteiger partial charge in [0.2, 0.25) is 0 Å². The van der Waals surface area contributed by atoms with Crippen molar-refractivity contribution in [3.63, 3.8) is 0 Å². The highest BCUT2D eigenvalue weighted by atomic mass is 79.9. The zero-order chi connectivity index (χ0) is 17.6. The minimum absolute atomic E-state index is 0.795. The highest BCUT2D eigenvalue weighted by Crippen LogP contribution is 2.38. The third kappa shape index (κ3) is 2.71. The van der Waals surface area contributed by atoms with Crippen LogP contribution in [0.15, 0.2) is 4.47 Å². The minimum atomic E-state index is 0.795. The molecule has 0 aliphatic heterocycles. The number of hydrogen-bond acceptors (Lipinski definition) is 0. The van der Waals surface area contributed by atoms with Crippen molar-refractivity contribution in [3.05, 3.63) is 43.4 Å². The summed E-state index contributed by atoms with van der Waals surface area (Å²) in [6, 6.07) is 0. The van der Waals surface area contributed by atoms with Gasteiger partial charge in [-0.05, 0) is 103 Å². The molecule has 0 atom stereocenters. The minimum Gasteiger partial charge on any atom is -0.0864 e. The zero-order valence-corrected chi connectivity index (χ0v) is 16.8. The predicted octanol–water partition coefficient (Wildman–Crippen LogP) is 4.12. The largest absolute Gasteiger partial charge is 0.115 e. The van der Waals surface area contributed by atoms with Gasteiger partial charge in [0.1, 0.15) is 15.7 Å². The van der Waals surface area contributed by atoms with Gasteiger partial charge in [0.25, 0.3) is 0 Å². The molecule has 4 radical (unpaired) electrons. The number of hydrogen-bond donors (Lipinski definition) is 0. The van der Waals surface area contributed by atoms with E-state index in [-0.39, 0.29) is 0 Å². The monoisotopic (exact) mass is 364 g/mol. The molecule has 0 bridgehead atoms. The molecule has 0 unspecified atom stereocenters. The Bertz CT molecular complexity index is 776. The van der Waals surface area contributed by atoms with E-state index in [1.807, 2.05) is 0 Å². The van der Waals surface area contributed by atoms with Crippen LogP contribution in [0.5, 0.6) is 0 Å². The first-order chi connectivity index (χ1) is 10.6. The molecule has 23 heavy (non-hydrogen) atoms. The molecule has 0 aliphatic rings. The van der Waals surface area contributed by atoms with Gasteiger partial charge in [-0.3, -0.25) is 0 Å². The smallest absolute Gasteiger partial charge is 0.0864 e. The van der Waals surface area contributed by atoms with Crippen LogP contribution < -0.4 is 10.9 Å². The Morgan fingerprint density at radius 3 is 1.52 bits per heavy atom.